The van der Waals surface area contributed by atoms with E-state index in [1.54, 1.807) is 25.5 Å². The van der Waals surface area contributed by atoms with Gasteiger partial charge in [-0.1, -0.05) is 26.0 Å². The molecular weight excluding hydrogens is 540 g/mol. The minimum atomic E-state index is -0.398. The molecule has 1 aliphatic heterocycles. The molecule has 43 heavy (non-hydrogen) atoms. The Balaban J connectivity index is 1.47. The first kappa shape index (κ1) is 31.7. The number of rotatable bonds is 14. The van der Waals surface area contributed by atoms with E-state index in [0.29, 0.717) is 16.8 Å². The Morgan fingerprint density at radius 1 is 0.953 bits per heavy atom. The molecule has 0 spiro atoms. The third-order valence-electron chi connectivity index (χ3n) is 7.80. The summed E-state index contributed by atoms with van der Waals surface area (Å²) in [5.74, 6) is 0.0789. The molecule has 228 valence electrons. The number of hydrazone groups is 1. The summed E-state index contributed by atoms with van der Waals surface area (Å²) in [4.78, 5) is 33.7. The molecular formula is C34H44N6O3. The van der Waals surface area contributed by atoms with E-state index < -0.39 is 5.91 Å². The zero-order valence-electron chi connectivity index (χ0n) is 25.8. The molecule has 0 atom stereocenters. The summed E-state index contributed by atoms with van der Waals surface area (Å²) in [6.45, 7) is 11.0. The highest BCUT2D eigenvalue weighted by atomic mass is 16.5. The highest BCUT2D eigenvalue weighted by molar-refractivity contribution is 6.09. The molecule has 2 amide bonds. The molecule has 4 rings (SSSR count). The number of carbonyl (C=O) groups is 2. The maximum absolute atomic E-state index is 13.4. The van der Waals surface area contributed by atoms with E-state index in [9.17, 15) is 9.59 Å². The molecule has 9 heteroatoms. The van der Waals surface area contributed by atoms with E-state index in [0.717, 1.165) is 81.2 Å². The van der Waals surface area contributed by atoms with Gasteiger partial charge in [-0.3, -0.25) is 9.59 Å². The number of nitrogens with zero attached hydrogens (tertiary/aromatic N) is 4. The molecule has 0 bridgehead atoms. The number of hydrogen-bond acceptors (Lipinski definition) is 7. The van der Waals surface area contributed by atoms with E-state index in [-0.39, 0.29) is 5.91 Å². The molecule has 0 radical (unpaired) electrons. The average molecular weight is 585 g/mol. The summed E-state index contributed by atoms with van der Waals surface area (Å²) in [5.41, 5.74) is 6.80. The van der Waals surface area contributed by atoms with Crippen LogP contribution in [-0.2, 0) is 6.54 Å². The Hall–Kier alpha value is -4.21. The lowest BCUT2D eigenvalue weighted by Crippen LogP contribution is -2.32. The van der Waals surface area contributed by atoms with E-state index in [1.807, 2.05) is 54.6 Å². The van der Waals surface area contributed by atoms with Gasteiger partial charge >= 0.3 is 0 Å². The fraction of sp³-hybridized carbons (Fsp3) is 0.382. The molecule has 0 unspecified atom stereocenters. The van der Waals surface area contributed by atoms with Crippen molar-refractivity contribution in [3.63, 3.8) is 0 Å². The minimum absolute atomic E-state index is 0.266. The quantitative estimate of drug-likeness (QED) is 0.203. The lowest BCUT2D eigenvalue weighted by Gasteiger charge is -2.23. The second kappa shape index (κ2) is 15.9. The van der Waals surface area contributed by atoms with Crippen molar-refractivity contribution in [2.75, 3.05) is 63.6 Å². The van der Waals surface area contributed by atoms with Gasteiger partial charge in [0.25, 0.3) is 11.8 Å². The van der Waals surface area contributed by atoms with Crippen LogP contribution in [0.2, 0.25) is 0 Å². The van der Waals surface area contributed by atoms with Crippen molar-refractivity contribution in [2.45, 2.75) is 33.2 Å². The maximum atomic E-state index is 13.4. The van der Waals surface area contributed by atoms with E-state index >= 15 is 0 Å². The molecule has 1 aliphatic rings. The number of likely N-dealkylation sites (N-methyl/N-ethyl adjacent to an activating group) is 2. The Bertz CT molecular complexity index is 1380. The largest absolute Gasteiger partial charge is 0.497 e. The van der Waals surface area contributed by atoms with Crippen LogP contribution in [-0.4, -0.2) is 81.3 Å². The Kier molecular flexibility index (Phi) is 11.7. The zero-order valence-corrected chi connectivity index (χ0v) is 25.8. The molecule has 0 aromatic heterocycles. The normalized spacial score (nSPS) is 13.2. The van der Waals surface area contributed by atoms with Gasteiger partial charge in [-0.25, -0.2) is 5.43 Å². The van der Waals surface area contributed by atoms with Crippen molar-refractivity contribution in [1.29, 1.82) is 0 Å². The molecule has 3 aromatic rings. The van der Waals surface area contributed by atoms with Gasteiger partial charge in [-0.05, 0) is 98.7 Å². The molecule has 0 saturated carbocycles. The fourth-order valence-electron chi connectivity index (χ4n) is 5.16. The summed E-state index contributed by atoms with van der Waals surface area (Å²) in [6.07, 6.45) is 3.81. The number of nitrogens with one attached hydrogen (secondary N) is 2. The Morgan fingerprint density at radius 3 is 2.40 bits per heavy atom. The SMILES string of the molecule is CCN(CC)CCN(C)Cc1cccc(C(=O)Nc2ccc(N3CCCC3)cc2C(=O)N/N=C/c2ccc(OC)cc2)c1. The maximum Gasteiger partial charge on any atom is 0.273 e. The standard InChI is InChI=1S/C34H44N6O3/c1-5-39(6-2)21-20-38(3)25-27-10-9-11-28(22-27)33(41)36-32-17-14-29(40-18-7-8-19-40)23-31(32)34(42)37-35-24-26-12-15-30(43-4)16-13-26/h9-17,22-24H,5-8,18-21,25H2,1-4H3,(H,36,41)(H,37,42)/b35-24+. The van der Waals surface area contributed by atoms with E-state index in [1.165, 1.54) is 0 Å². The van der Waals surface area contributed by atoms with Crippen molar-refractivity contribution in [3.8, 4) is 5.75 Å². The van der Waals surface area contributed by atoms with Crippen LogP contribution in [0.5, 0.6) is 5.75 Å². The van der Waals surface area contributed by atoms with Gasteiger partial charge in [0.1, 0.15) is 5.75 Å². The Morgan fingerprint density at radius 2 is 1.70 bits per heavy atom. The van der Waals surface area contributed by atoms with Crippen LogP contribution in [0.3, 0.4) is 0 Å². The van der Waals surface area contributed by atoms with E-state index in [4.69, 9.17) is 4.74 Å². The molecule has 0 aliphatic carbocycles. The topological polar surface area (TPSA) is 89.5 Å². The number of benzene rings is 3. The van der Waals surface area contributed by atoms with Crippen molar-refractivity contribution in [1.82, 2.24) is 15.2 Å². The van der Waals surface area contributed by atoms with Crippen LogP contribution < -0.4 is 20.4 Å². The minimum Gasteiger partial charge on any atom is -0.497 e. The first-order chi connectivity index (χ1) is 20.9. The van der Waals surface area contributed by atoms with Crippen molar-refractivity contribution < 1.29 is 14.3 Å². The van der Waals surface area contributed by atoms with Crippen LogP contribution in [0, 0.1) is 0 Å². The van der Waals surface area contributed by atoms with Crippen LogP contribution in [0.15, 0.2) is 71.8 Å². The van der Waals surface area contributed by atoms with E-state index in [2.05, 4.69) is 51.4 Å². The molecule has 1 saturated heterocycles. The van der Waals surface area contributed by atoms with Crippen molar-refractivity contribution in [3.05, 3.63) is 89.0 Å². The van der Waals surface area contributed by atoms with Crippen LogP contribution >= 0.6 is 0 Å². The smallest absolute Gasteiger partial charge is 0.273 e. The third kappa shape index (κ3) is 9.14. The number of carbonyl (C=O) groups excluding carboxylic acids is 2. The first-order valence-electron chi connectivity index (χ1n) is 15.1. The second-order valence-electron chi connectivity index (χ2n) is 10.8. The predicted octanol–water partition coefficient (Wildman–Crippen LogP) is 5.09. The lowest BCUT2D eigenvalue weighted by atomic mass is 10.1. The first-order valence-corrected chi connectivity index (χ1v) is 15.1. The van der Waals surface area contributed by atoms with Gasteiger partial charge in [0.05, 0.1) is 24.6 Å². The fourth-order valence-corrected chi connectivity index (χ4v) is 5.16. The van der Waals surface area contributed by atoms with Gasteiger partial charge in [-0.2, -0.15) is 5.10 Å². The summed E-state index contributed by atoms with van der Waals surface area (Å²) in [7, 11) is 3.71. The average Bonchev–Trinajstić information content (AvgIpc) is 3.57. The lowest BCUT2D eigenvalue weighted by molar-refractivity contribution is 0.0956. The number of amides is 2. The Labute approximate surface area is 255 Å². The predicted molar refractivity (Wildman–Crippen MR) is 174 cm³/mol. The number of ether oxygens (including phenoxy) is 1. The second-order valence-corrected chi connectivity index (χ2v) is 10.8. The van der Waals surface area contributed by atoms with Crippen LogP contribution in [0.1, 0.15) is 58.5 Å². The molecule has 9 nitrogen and oxygen atoms in total. The third-order valence-corrected chi connectivity index (χ3v) is 7.80. The van der Waals surface area contributed by atoms with Crippen molar-refractivity contribution in [2.24, 2.45) is 5.10 Å². The van der Waals surface area contributed by atoms with Gasteiger partial charge in [0.2, 0.25) is 0 Å². The summed E-state index contributed by atoms with van der Waals surface area (Å²) in [5, 5.41) is 7.13. The van der Waals surface area contributed by atoms with Gasteiger partial charge in [-0.15, -0.1) is 0 Å². The van der Waals surface area contributed by atoms with Crippen LogP contribution in [0.4, 0.5) is 11.4 Å². The summed E-state index contributed by atoms with van der Waals surface area (Å²) < 4.78 is 5.19. The molecule has 1 fully saturated rings. The highest BCUT2D eigenvalue weighted by Crippen LogP contribution is 2.27. The van der Waals surface area contributed by atoms with Crippen LogP contribution in [0.25, 0.3) is 0 Å². The van der Waals surface area contributed by atoms with Gasteiger partial charge < -0.3 is 24.8 Å². The van der Waals surface area contributed by atoms with Crippen molar-refractivity contribution >= 4 is 29.4 Å². The number of methoxy groups -OCH3 is 1. The highest BCUT2D eigenvalue weighted by Gasteiger charge is 2.19. The molecule has 1 heterocycles. The van der Waals surface area contributed by atoms with Gasteiger partial charge in [0.15, 0.2) is 0 Å². The van der Waals surface area contributed by atoms with Gasteiger partial charge in [0, 0.05) is 44.0 Å². The number of anilines is 2. The monoisotopic (exact) mass is 584 g/mol. The zero-order chi connectivity index (χ0) is 30.6. The molecule has 3 aromatic carbocycles. The summed E-state index contributed by atoms with van der Waals surface area (Å²) in [6, 6.07) is 20.6. The summed E-state index contributed by atoms with van der Waals surface area (Å²) >= 11 is 0. The number of hydrogen-bond donors (Lipinski definition) is 2. The molecule has 2 N–H and O–H groups in total.